The van der Waals surface area contributed by atoms with E-state index in [0.717, 1.165) is 6.07 Å². The molecule has 1 amide bonds. The first-order chi connectivity index (χ1) is 14.3. The summed E-state index contributed by atoms with van der Waals surface area (Å²) in [5, 5.41) is 23.3. The summed E-state index contributed by atoms with van der Waals surface area (Å²) >= 11 is 9.03. The molecule has 0 aliphatic carbocycles. The van der Waals surface area contributed by atoms with Gasteiger partial charge < -0.3 is 14.8 Å². The number of halogens is 2. The number of aromatic nitrogens is 1. The Labute approximate surface area is 182 Å². The predicted molar refractivity (Wildman–Crippen MR) is 115 cm³/mol. The van der Waals surface area contributed by atoms with Gasteiger partial charge in [-0.2, -0.15) is 0 Å². The van der Waals surface area contributed by atoms with Crippen molar-refractivity contribution >= 4 is 55.9 Å². The summed E-state index contributed by atoms with van der Waals surface area (Å²) < 4.78 is 6.24. The molecule has 0 bridgehead atoms. The number of nitrogens with zero attached hydrogens (tertiary/aromatic N) is 2. The minimum absolute atomic E-state index is 0.0473. The number of nitro groups is 1. The molecule has 0 spiro atoms. The summed E-state index contributed by atoms with van der Waals surface area (Å²) in [7, 11) is 0. The van der Waals surface area contributed by atoms with Crippen molar-refractivity contribution in [3.8, 4) is 17.2 Å². The molecule has 0 unspecified atom stereocenters. The minimum Gasteiger partial charge on any atom is -0.507 e. The van der Waals surface area contributed by atoms with Gasteiger partial charge in [0, 0.05) is 22.9 Å². The van der Waals surface area contributed by atoms with E-state index in [9.17, 15) is 20.0 Å². The fraction of sp³-hybridized carbons (Fsp3) is 0. The molecule has 150 valence electrons. The first kappa shape index (κ1) is 19.9. The van der Waals surface area contributed by atoms with E-state index in [0.29, 0.717) is 32.7 Å². The molecule has 1 heterocycles. The molecule has 10 heteroatoms. The number of carbonyl (C=O) groups is 1. The van der Waals surface area contributed by atoms with Crippen LogP contribution in [0.15, 0.2) is 63.5 Å². The first-order valence-corrected chi connectivity index (χ1v) is 9.63. The van der Waals surface area contributed by atoms with Gasteiger partial charge in [0.15, 0.2) is 5.58 Å². The Morgan fingerprint density at radius 2 is 1.97 bits per heavy atom. The molecule has 0 saturated carbocycles. The summed E-state index contributed by atoms with van der Waals surface area (Å²) in [5.41, 5.74) is 1.87. The lowest BCUT2D eigenvalue weighted by Crippen LogP contribution is -2.12. The van der Waals surface area contributed by atoms with Crippen LogP contribution >= 0.6 is 27.5 Å². The van der Waals surface area contributed by atoms with E-state index in [2.05, 4.69) is 26.2 Å². The lowest BCUT2D eigenvalue weighted by atomic mass is 10.2. The fourth-order valence-corrected chi connectivity index (χ4v) is 3.33. The monoisotopic (exact) mass is 487 g/mol. The van der Waals surface area contributed by atoms with Gasteiger partial charge in [0.05, 0.1) is 9.40 Å². The van der Waals surface area contributed by atoms with Gasteiger partial charge in [0.2, 0.25) is 5.89 Å². The maximum atomic E-state index is 12.5. The number of fused-ring (bicyclic) bond motifs is 1. The molecule has 4 rings (SSSR count). The molecule has 30 heavy (non-hydrogen) atoms. The van der Waals surface area contributed by atoms with E-state index in [1.165, 1.54) is 18.2 Å². The van der Waals surface area contributed by atoms with Crippen molar-refractivity contribution < 1.29 is 19.2 Å². The Morgan fingerprint density at radius 3 is 2.70 bits per heavy atom. The molecule has 0 saturated heterocycles. The second-order valence-corrected chi connectivity index (χ2v) is 7.51. The first-order valence-electron chi connectivity index (χ1n) is 8.46. The zero-order valence-corrected chi connectivity index (χ0v) is 17.3. The fourth-order valence-electron chi connectivity index (χ4n) is 2.77. The third kappa shape index (κ3) is 3.85. The van der Waals surface area contributed by atoms with E-state index in [4.69, 9.17) is 16.0 Å². The summed E-state index contributed by atoms with van der Waals surface area (Å²) in [4.78, 5) is 27.3. The Hall–Kier alpha value is -3.43. The topological polar surface area (TPSA) is 118 Å². The zero-order valence-electron chi connectivity index (χ0n) is 14.9. The van der Waals surface area contributed by atoms with Gasteiger partial charge in [-0.05, 0) is 64.5 Å². The number of phenols is 1. The summed E-state index contributed by atoms with van der Waals surface area (Å²) in [6.07, 6.45) is 0. The lowest BCUT2D eigenvalue weighted by molar-refractivity contribution is -0.384. The van der Waals surface area contributed by atoms with E-state index >= 15 is 0 Å². The van der Waals surface area contributed by atoms with E-state index < -0.39 is 10.8 Å². The predicted octanol–water partition coefficient (Wildman–Crippen LogP) is 5.78. The number of rotatable bonds is 4. The number of benzene rings is 3. The highest BCUT2D eigenvalue weighted by Gasteiger charge is 2.17. The number of carbonyl (C=O) groups excluding carboxylic acids is 1. The van der Waals surface area contributed by atoms with Crippen molar-refractivity contribution in [1.82, 2.24) is 4.98 Å². The molecule has 0 atom stereocenters. The average Bonchev–Trinajstić information content (AvgIpc) is 3.13. The third-order valence-electron chi connectivity index (χ3n) is 4.25. The van der Waals surface area contributed by atoms with Crippen LogP contribution in [0, 0.1) is 10.1 Å². The molecule has 0 radical (unpaired) electrons. The molecule has 0 fully saturated rings. The quantitative estimate of drug-likeness (QED) is 0.278. The number of anilines is 1. The highest BCUT2D eigenvalue weighted by Crippen LogP contribution is 2.32. The van der Waals surface area contributed by atoms with Gasteiger partial charge in [-0.25, -0.2) is 4.98 Å². The van der Waals surface area contributed by atoms with Crippen LogP contribution in [-0.2, 0) is 0 Å². The molecular formula is C20H11BrClN3O5. The highest BCUT2D eigenvalue weighted by atomic mass is 79.9. The molecule has 0 aliphatic heterocycles. The standard InChI is InChI=1S/C20H11BrClN3O5/c21-13-7-11(2-5-17(13)26)20-24-15-9-12(3-6-18(15)30-20)23-19(27)10-1-4-14(22)16(8-10)25(28)29/h1-9,26H,(H,23,27). The largest absolute Gasteiger partial charge is 0.507 e. The van der Waals surface area contributed by atoms with E-state index in [1.807, 2.05) is 0 Å². The van der Waals surface area contributed by atoms with Crippen LogP contribution < -0.4 is 5.32 Å². The van der Waals surface area contributed by atoms with E-state index in [1.54, 1.807) is 30.3 Å². The SMILES string of the molecule is O=C(Nc1ccc2oc(-c3ccc(O)c(Br)c3)nc2c1)c1ccc(Cl)c([N+](=O)[O-])c1. The molecule has 2 N–H and O–H groups in total. The van der Waals surface area contributed by atoms with Crippen molar-refractivity contribution in [3.63, 3.8) is 0 Å². The van der Waals surface area contributed by atoms with Crippen LogP contribution in [0.25, 0.3) is 22.6 Å². The van der Waals surface area contributed by atoms with E-state index in [-0.39, 0.29) is 22.0 Å². The second kappa shape index (κ2) is 7.77. The molecular weight excluding hydrogens is 478 g/mol. The number of nitro benzene ring substituents is 1. The minimum atomic E-state index is -0.649. The van der Waals surface area contributed by atoms with Crippen LogP contribution in [0.1, 0.15) is 10.4 Å². The van der Waals surface area contributed by atoms with Crippen molar-refractivity contribution in [2.24, 2.45) is 0 Å². The molecule has 4 aromatic rings. The van der Waals surface area contributed by atoms with Gasteiger partial charge >= 0.3 is 0 Å². The molecule has 8 nitrogen and oxygen atoms in total. The molecule has 3 aromatic carbocycles. The van der Waals surface area contributed by atoms with Gasteiger partial charge in [-0.3, -0.25) is 14.9 Å². The van der Waals surface area contributed by atoms with Crippen LogP contribution in [0.4, 0.5) is 11.4 Å². The third-order valence-corrected chi connectivity index (χ3v) is 5.20. The van der Waals surface area contributed by atoms with Gasteiger partial charge in [-0.1, -0.05) is 11.6 Å². The number of phenolic OH excluding ortho intramolecular Hbond substituents is 1. The second-order valence-electron chi connectivity index (χ2n) is 6.25. The van der Waals surface area contributed by atoms with Crippen LogP contribution in [-0.4, -0.2) is 20.9 Å². The number of hydrogen-bond acceptors (Lipinski definition) is 6. The van der Waals surface area contributed by atoms with Crippen molar-refractivity contribution in [2.45, 2.75) is 0 Å². The average molecular weight is 489 g/mol. The molecule has 0 aliphatic rings. The Morgan fingerprint density at radius 1 is 1.17 bits per heavy atom. The number of amides is 1. The zero-order chi connectivity index (χ0) is 21.4. The lowest BCUT2D eigenvalue weighted by Gasteiger charge is -2.05. The Bertz CT molecular complexity index is 1320. The van der Waals surface area contributed by atoms with Crippen molar-refractivity contribution in [2.75, 3.05) is 5.32 Å². The molecule has 1 aromatic heterocycles. The smallest absolute Gasteiger partial charge is 0.288 e. The Balaban J connectivity index is 1.61. The maximum Gasteiger partial charge on any atom is 0.288 e. The van der Waals surface area contributed by atoms with Gasteiger partial charge in [-0.15, -0.1) is 0 Å². The number of aromatic hydroxyl groups is 1. The van der Waals surface area contributed by atoms with Gasteiger partial charge in [0.1, 0.15) is 16.3 Å². The normalized spacial score (nSPS) is 10.9. The highest BCUT2D eigenvalue weighted by molar-refractivity contribution is 9.10. The van der Waals surface area contributed by atoms with Gasteiger partial charge in [0.25, 0.3) is 11.6 Å². The number of hydrogen-bond donors (Lipinski definition) is 2. The van der Waals surface area contributed by atoms with Crippen molar-refractivity contribution in [3.05, 3.63) is 79.8 Å². The summed E-state index contributed by atoms with van der Waals surface area (Å²) in [6, 6.07) is 13.6. The van der Waals surface area contributed by atoms with Crippen LogP contribution in [0.5, 0.6) is 5.75 Å². The summed E-state index contributed by atoms with van der Waals surface area (Å²) in [5.74, 6) is -0.0786. The maximum absolute atomic E-state index is 12.5. The number of oxazole rings is 1. The summed E-state index contributed by atoms with van der Waals surface area (Å²) in [6.45, 7) is 0. The van der Waals surface area contributed by atoms with Crippen LogP contribution in [0.2, 0.25) is 5.02 Å². The number of nitrogens with one attached hydrogen (secondary N) is 1. The van der Waals surface area contributed by atoms with Crippen molar-refractivity contribution in [1.29, 1.82) is 0 Å². The Kier molecular flexibility index (Phi) is 5.15. The van der Waals surface area contributed by atoms with Crippen LogP contribution in [0.3, 0.4) is 0 Å².